The van der Waals surface area contributed by atoms with Crippen molar-refractivity contribution in [2.24, 2.45) is 0 Å². The van der Waals surface area contributed by atoms with Gasteiger partial charge in [0.25, 0.3) is 0 Å². The van der Waals surface area contributed by atoms with Crippen LogP contribution in [0, 0.1) is 5.82 Å². The zero-order valence-corrected chi connectivity index (χ0v) is 11.5. The number of nitrogens with zero attached hydrogens (tertiary/aromatic N) is 2. The van der Waals surface area contributed by atoms with Crippen LogP contribution in [0.2, 0.25) is 0 Å². The lowest BCUT2D eigenvalue weighted by Gasteiger charge is -2.08. The predicted molar refractivity (Wildman–Crippen MR) is 74.1 cm³/mol. The van der Waals surface area contributed by atoms with Gasteiger partial charge in [-0.3, -0.25) is 0 Å². The fraction of sp³-hybridized carbons (Fsp3) is 0.231. The Hall–Kier alpha value is -1.82. The van der Waals surface area contributed by atoms with Gasteiger partial charge in [-0.25, -0.2) is 9.37 Å². The number of hydrogen-bond acceptors (Lipinski definition) is 5. The summed E-state index contributed by atoms with van der Waals surface area (Å²) in [5.41, 5.74) is 0.498. The largest absolute Gasteiger partial charge is 0.473 e. The third-order valence-electron chi connectivity index (χ3n) is 2.45. The molecule has 0 saturated heterocycles. The van der Waals surface area contributed by atoms with Crippen LogP contribution in [0.3, 0.4) is 0 Å². The van der Waals surface area contributed by atoms with Crippen LogP contribution < -0.4 is 10.1 Å². The second-order valence-electron chi connectivity index (χ2n) is 3.71. The Bertz CT molecular complexity index is 543. The smallest absolute Gasteiger partial charge is 0.219 e. The molecule has 1 heterocycles. The fourth-order valence-electron chi connectivity index (χ4n) is 1.46. The molecule has 0 aliphatic heterocycles. The number of halogens is 1. The third-order valence-corrected chi connectivity index (χ3v) is 3.00. The summed E-state index contributed by atoms with van der Waals surface area (Å²) in [7, 11) is 1.77. The van der Waals surface area contributed by atoms with Crippen molar-refractivity contribution in [1.29, 1.82) is 0 Å². The van der Waals surface area contributed by atoms with E-state index in [-0.39, 0.29) is 12.4 Å². The Balaban J connectivity index is 2.13. The molecular weight excluding hydrogens is 265 g/mol. The summed E-state index contributed by atoms with van der Waals surface area (Å²) >= 11 is 1.42. The molecule has 0 bridgehead atoms. The van der Waals surface area contributed by atoms with Crippen LogP contribution >= 0.6 is 11.8 Å². The van der Waals surface area contributed by atoms with E-state index in [0.29, 0.717) is 22.4 Å². The standard InChI is InChI=1S/C13H14FN3OS/c1-15-11-7-12(17-13(16-11)19-2)18-8-9-5-3-4-6-10(9)14/h3-7H,8H2,1-2H3,(H,15,16,17). The second-order valence-corrected chi connectivity index (χ2v) is 4.48. The number of thioether (sulfide) groups is 1. The van der Waals surface area contributed by atoms with Crippen LogP contribution in [-0.4, -0.2) is 23.3 Å². The highest BCUT2D eigenvalue weighted by Crippen LogP contribution is 2.19. The minimum Gasteiger partial charge on any atom is -0.473 e. The molecule has 1 aromatic heterocycles. The SMILES string of the molecule is CNc1cc(OCc2ccccc2F)nc(SC)n1. The van der Waals surface area contributed by atoms with Crippen LogP contribution in [0.5, 0.6) is 5.88 Å². The van der Waals surface area contributed by atoms with Crippen molar-refractivity contribution < 1.29 is 9.13 Å². The molecule has 2 rings (SSSR count). The first-order valence-corrected chi connectivity index (χ1v) is 6.92. The van der Waals surface area contributed by atoms with Crippen molar-refractivity contribution >= 4 is 17.6 Å². The van der Waals surface area contributed by atoms with Crippen LogP contribution in [0.15, 0.2) is 35.5 Å². The quantitative estimate of drug-likeness (QED) is 0.673. The summed E-state index contributed by atoms with van der Waals surface area (Å²) in [6, 6.07) is 8.19. The summed E-state index contributed by atoms with van der Waals surface area (Å²) in [5, 5.41) is 3.54. The van der Waals surface area contributed by atoms with Gasteiger partial charge >= 0.3 is 0 Å². The molecular formula is C13H14FN3OS. The average molecular weight is 279 g/mol. The second kappa shape index (κ2) is 6.38. The van der Waals surface area contributed by atoms with E-state index in [2.05, 4.69) is 15.3 Å². The molecule has 0 spiro atoms. The van der Waals surface area contributed by atoms with E-state index in [4.69, 9.17) is 4.74 Å². The van der Waals surface area contributed by atoms with Crippen LogP contribution in [0.25, 0.3) is 0 Å². The highest BCUT2D eigenvalue weighted by Gasteiger charge is 2.06. The Kier molecular flexibility index (Phi) is 4.57. The van der Waals surface area contributed by atoms with E-state index in [9.17, 15) is 4.39 Å². The molecule has 100 valence electrons. The van der Waals surface area contributed by atoms with Gasteiger partial charge in [0, 0.05) is 18.7 Å². The van der Waals surface area contributed by atoms with E-state index in [0.717, 1.165) is 0 Å². The molecule has 19 heavy (non-hydrogen) atoms. The van der Waals surface area contributed by atoms with Gasteiger partial charge in [0.2, 0.25) is 5.88 Å². The minimum atomic E-state index is -0.282. The Morgan fingerprint density at radius 3 is 2.79 bits per heavy atom. The number of anilines is 1. The monoisotopic (exact) mass is 279 g/mol. The fourth-order valence-corrected chi connectivity index (χ4v) is 1.84. The summed E-state index contributed by atoms with van der Waals surface area (Å²) in [4.78, 5) is 8.44. The molecule has 6 heteroatoms. The number of aromatic nitrogens is 2. The van der Waals surface area contributed by atoms with Crippen molar-refractivity contribution in [3.63, 3.8) is 0 Å². The molecule has 0 aliphatic carbocycles. The van der Waals surface area contributed by atoms with Crippen molar-refractivity contribution in [2.75, 3.05) is 18.6 Å². The van der Waals surface area contributed by atoms with E-state index in [1.165, 1.54) is 17.8 Å². The molecule has 0 unspecified atom stereocenters. The molecule has 0 aliphatic rings. The number of hydrogen-bond donors (Lipinski definition) is 1. The topological polar surface area (TPSA) is 47.0 Å². The lowest BCUT2D eigenvalue weighted by molar-refractivity contribution is 0.285. The first-order chi connectivity index (χ1) is 9.22. The van der Waals surface area contributed by atoms with E-state index >= 15 is 0 Å². The first-order valence-electron chi connectivity index (χ1n) is 5.70. The molecule has 1 N–H and O–H groups in total. The van der Waals surface area contributed by atoms with E-state index < -0.39 is 0 Å². The van der Waals surface area contributed by atoms with Crippen LogP contribution in [-0.2, 0) is 6.61 Å². The third kappa shape index (κ3) is 3.57. The van der Waals surface area contributed by atoms with Crippen molar-refractivity contribution in [3.8, 4) is 5.88 Å². The normalized spacial score (nSPS) is 10.3. The molecule has 0 saturated carbocycles. The summed E-state index contributed by atoms with van der Waals surface area (Å²) in [6.45, 7) is 0.140. The van der Waals surface area contributed by atoms with Crippen molar-refractivity contribution in [1.82, 2.24) is 9.97 Å². The van der Waals surface area contributed by atoms with E-state index in [1.54, 1.807) is 31.3 Å². The van der Waals surface area contributed by atoms with E-state index in [1.807, 2.05) is 6.26 Å². The lowest BCUT2D eigenvalue weighted by atomic mass is 10.2. The maximum Gasteiger partial charge on any atom is 0.219 e. The molecule has 2 aromatic rings. The van der Waals surface area contributed by atoms with Crippen LogP contribution in [0.1, 0.15) is 5.56 Å². The van der Waals surface area contributed by atoms with Gasteiger partial charge in [0.1, 0.15) is 18.2 Å². The zero-order valence-electron chi connectivity index (χ0n) is 10.7. The number of ether oxygens (including phenoxy) is 1. The Morgan fingerprint density at radius 2 is 2.11 bits per heavy atom. The molecule has 4 nitrogen and oxygen atoms in total. The highest BCUT2D eigenvalue weighted by molar-refractivity contribution is 7.98. The minimum absolute atomic E-state index is 0.140. The van der Waals surface area contributed by atoms with Gasteiger partial charge in [-0.2, -0.15) is 4.98 Å². The summed E-state index contributed by atoms with van der Waals surface area (Å²) in [5.74, 6) is 0.810. The zero-order chi connectivity index (χ0) is 13.7. The number of nitrogens with one attached hydrogen (secondary N) is 1. The number of rotatable bonds is 5. The molecule has 1 aromatic carbocycles. The maximum atomic E-state index is 13.5. The van der Waals surface area contributed by atoms with Gasteiger partial charge in [0.05, 0.1) is 0 Å². The van der Waals surface area contributed by atoms with Gasteiger partial charge < -0.3 is 10.1 Å². The molecule has 0 radical (unpaired) electrons. The van der Waals surface area contributed by atoms with Crippen LogP contribution in [0.4, 0.5) is 10.2 Å². The van der Waals surface area contributed by atoms with Crippen molar-refractivity contribution in [3.05, 3.63) is 41.7 Å². The highest BCUT2D eigenvalue weighted by atomic mass is 32.2. The van der Waals surface area contributed by atoms with Gasteiger partial charge in [0.15, 0.2) is 5.16 Å². The van der Waals surface area contributed by atoms with Crippen molar-refractivity contribution in [2.45, 2.75) is 11.8 Å². The summed E-state index contributed by atoms with van der Waals surface area (Å²) < 4.78 is 19.0. The lowest BCUT2D eigenvalue weighted by Crippen LogP contribution is -2.02. The van der Waals surface area contributed by atoms with Gasteiger partial charge in [-0.15, -0.1) is 0 Å². The van der Waals surface area contributed by atoms with Gasteiger partial charge in [-0.05, 0) is 12.3 Å². The van der Waals surface area contributed by atoms with Gasteiger partial charge in [-0.1, -0.05) is 30.0 Å². The Morgan fingerprint density at radius 1 is 1.32 bits per heavy atom. The molecule has 0 atom stereocenters. The Labute approximate surface area is 115 Å². The predicted octanol–water partition coefficient (Wildman–Crippen LogP) is 2.96. The average Bonchev–Trinajstić information content (AvgIpc) is 2.46. The first kappa shape index (κ1) is 13.6. The molecule has 0 amide bonds. The number of benzene rings is 1. The molecule has 0 fully saturated rings. The maximum absolute atomic E-state index is 13.5. The summed E-state index contributed by atoms with van der Waals surface area (Å²) in [6.07, 6.45) is 1.88.